The van der Waals surface area contributed by atoms with Gasteiger partial charge in [0.05, 0.1) is 5.69 Å². The molecule has 1 aromatic heterocycles. The number of rotatable bonds is 5. The summed E-state index contributed by atoms with van der Waals surface area (Å²) in [4.78, 5) is 28.8. The van der Waals surface area contributed by atoms with Crippen LogP contribution in [0.25, 0.3) is 10.6 Å². The number of benzene rings is 2. The normalized spacial score (nSPS) is 12.3. The Balaban J connectivity index is 1.26. The Kier molecular flexibility index (Phi) is 6.15. The van der Waals surface area contributed by atoms with E-state index in [0.29, 0.717) is 48.4 Å². The van der Waals surface area contributed by atoms with Crippen LogP contribution in [0, 0.1) is 0 Å². The molecule has 0 unspecified atom stereocenters. The van der Waals surface area contributed by atoms with Crippen molar-refractivity contribution in [2.45, 2.75) is 6.42 Å². The molecule has 0 bridgehead atoms. The average Bonchev–Trinajstić information content (AvgIpc) is 3.23. The summed E-state index contributed by atoms with van der Waals surface area (Å²) in [5.74, 6) is -0.297. The fourth-order valence-electron chi connectivity index (χ4n) is 2.84. The molecule has 2 N–H and O–H groups in total. The maximum absolute atomic E-state index is 12.1. The van der Waals surface area contributed by atoms with Crippen molar-refractivity contribution in [3.8, 4) is 22.1 Å². The van der Waals surface area contributed by atoms with Crippen molar-refractivity contribution in [1.29, 1.82) is 0 Å². The topological polar surface area (TPSA) is 89.6 Å². The molecule has 0 radical (unpaired) electrons. The lowest BCUT2D eigenvalue weighted by atomic mass is 10.2. The highest BCUT2D eigenvalue weighted by molar-refractivity contribution is 7.13. The predicted octanol–water partition coefficient (Wildman–Crippen LogP) is 3.53. The third-order valence-corrected chi connectivity index (χ3v) is 5.51. The monoisotopic (exact) mass is 443 g/mol. The second-order valence-corrected chi connectivity index (χ2v) is 7.76. The van der Waals surface area contributed by atoms with E-state index in [1.165, 1.54) is 11.3 Å². The highest BCUT2D eigenvalue weighted by Crippen LogP contribution is 2.32. The predicted molar refractivity (Wildman–Crippen MR) is 115 cm³/mol. The zero-order valence-electron chi connectivity index (χ0n) is 15.8. The molecular formula is C21H18ClN3O4S. The number of amides is 2. The quantitative estimate of drug-likeness (QED) is 0.589. The fourth-order valence-corrected chi connectivity index (χ4v) is 3.83. The molecule has 0 saturated heterocycles. The van der Waals surface area contributed by atoms with Gasteiger partial charge < -0.3 is 20.1 Å². The third-order valence-electron chi connectivity index (χ3n) is 4.32. The largest absolute Gasteiger partial charge is 0.486 e. The van der Waals surface area contributed by atoms with E-state index in [9.17, 15) is 9.59 Å². The summed E-state index contributed by atoms with van der Waals surface area (Å²) >= 11 is 7.43. The second-order valence-electron chi connectivity index (χ2n) is 6.47. The number of nitrogens with zero attached hydrogens (tertiary/aromatic N) is 1. The molecule has 0 atom stereocenters. The number of hydrogen-bond acceptors (Lipinski definition) is 6. The number of hydrogen-bond donors (Lipinski definition) is 2. The lowest BCUT2D eigenvalue weighted by Gasteiger charge is -2.18. The molecule has 2 amide bonds. The Morgan fingerprint density at radius 1 is 1.03 bits per heavy atom. The second kappa shape index (κ2) is 9.15. The van der Waals surface area contributed by atoms with Crippen molar-refractivity contribution in [2.24, 2.45) is 0 Å². The Bertz CT molecular complexity index is 1070. The van der Waals surface area contributed by atoms with Gasteiger partial charge in [-0.05, 0) is 24.3 Å². The van der Waals surface area contributed by atoms with Gasteiger partial charge in [0.15, 0.2) is 11.5 Å². The maximum atomic E-state index is 12.1. The van der Waals surface area contributed by atoms with Gasteiger partial charge in [-0.1, -0.05) is 23.7 Å². The molecular weight excluding hydrogens is 426 g/mol. The molecule has 0 saturated carbocycles. The SMILES string of the molecule is O=C(NCCc1csc(-c2ccc(Cl)cc2)n1)C(=O)Nc1ccc2c(c1)OCCO2. The fraction of sp³-hybridized carbons (Fsp3) is 0.190. The first kappa shape index (κ1) is 20.2. The molecule has 1 aliphatic heterocycles. The number of ether oxygens (including phenoxy) is 2. The summed E-state index contributed by atoms with van der Waals surface area (Å²) in [7, 11) is 0. The Morgan fingerprint density at radius 3 is 2.60 bits per heavy atom. The molecule has 3 aromatic rings. The molecule has 0 fully saturated rings. The summed E-state index contributed by atoms with van der Waals surface area (Å²) in [6.07, 6.45) is 0.521. The van der Waals surface area contributed by atoms with E-state index in [4.69, 9.17) is 21.1 Å². The lowest BCUT2D eigenvalue weighted by Crippen LogP contribution is -2.36. The summed E-state index contributed by atoms with van der Waals surface area (Å²) in [5, 5.41) is 8.66. The number of aromatic nitrogens is 1. The molecule has 2 heterocycles. The van der Waals surface area contributed by atoms with Crippen molar-refractivity contribution in [3.05, 3.63) is 58.6 Å². The average molecular weight is 444 g/mol. The van der Waals surface area contributed by atoms with Crippen LogP contribution in [0.5, 0.6) is 11.5 Å². The molecule has 0 spiro atoms. The van der Waals surface area contributed by atoms with Crippen molar-refractivity contribution in [1.82, 2.24) is 10.3 Å². The van der Waals surface area contributed by atoms with Crippen LogP contribution in [0.1, 0.15) is 5.69 Å². The first-order chi connectivity index (χ1) is 14.6. The van der Waals surface area contributed by atoms with Gasteiger partial charge in [0, 0.05) is 40.7 Å². The molecule has 30 heavy (non-hydrogen) atoms. The summed E-state index contributed by atoms with van der Waals surface area (Å²) < 4.78 is 10.9. The molecule has 7 nitrogen and oxygen atoms in total. The highest BCUT2D eigenvalue weighted by Gasteiger charge is 2.16. The standard InChI is InChI=1S/C21H18ClN3O4S/c22-14-3-1-13(2-4-14)21-25-16(12-30-21)7-8-23-19(26)20(27)24-15-5-6-17-18(11-15)29-10-9-28-17/h1-6,11-12H,7-10H2,(H,23,26)(H,24,27). The lowest BCUT2D eigenvalue weighted by molar-refractivity contribution is -0.136. The summed E-state index contributed by atoms with van der Waals surface area (Å²) in [6, 6.07) is 12.4. The van der Waals surface area contributed by atoms with E-state index in [2.05, 4.69) is 15.6 Å². The number of halogens is 1. The van der Waals surface area contributed by atoms with Crippen molar-refractivity contribution < 1.29 is 19.1 Å². The van der Waals surface area contributed by atoms with Gasteiger partial charge in [-0.15, -0.1) is 11.3 Å². The van der Waals surface area contributed by atoms with E-state index in [0.717, 1.165) is 16.3 Å². The number of carbonyl (C=O) groups excluding carboxylic acids is 2. The van der Waals surface area contributed by atoms with Crippen LogP contribution in [-0.4, -0.2) is 36.6 Å². The third kappa shape index (κ3) is 4.90. The zero-order chi connectivity index (χ0) is 20.9. The number of fused-ring (bicyclic) bond motifs is 1. The molecule has 1 aliphatic rings. The number of carbonyl (C=O) groups is 2. The van der Waals surface area contributed by atoms with Crippen LogP contribution < -0.4 is 20.1 Å². The minimum atomic E-state index is -0.744. The van der Waals surface area contributed by atoms with Gasteiger partial charge >= 0.3 is 11.8 Å². The van der Waals surface area contributed by atoms with Crippen LogP contribution in [0.4, 0.5) is 5.69 Å². The first-order valence-electron chi connectivity index (χ1n) is 9.28. The van der Waals surface area contributed by atoms with Crippen molar-refractivity contribution >= 4 is 40.4 Å². The van der Waals surface area contributed by atoms with Gasteiger partial charge in [-0.2, -0.15) is 0 Å². The molecule has 9 heteroatoms. The van der Waals surface area contributed by atoms with E-state index in [1.54, 1.807) is 18.2 Å². The molecule has 0 aliphatic carbocycles. The highest BCUT2D eigenvalue weighted by atomic mass is 35.5. The van der Waals surface area contributed by atoms with Gasteiger partial charge in [0.2, 0.25) is 0 Å². The van der Waals surface area contributed by atoms with E-state index in [1.807, 2.05) is 29.6 Å². The minimum absolute atomic E-state index is 0.303. The van der Waals surface area contributed by atoms with Crippen molar-refractivity contribution in [2.75, 3.05) is 25.1 Å². The first-order valence-corrected chi connectivity index (χ1v) is 10.5. The van der Waals surface area contributed by atoms with Gasteiger partial charge in [-0.3, -0.25) is 9.59 Å². The minimum Gasteiger partial charge on any atom is -0.486 e. The molecule has 154 valence electrons. The Labute approximate surface area is 182 Å². The van der Waals surface area contributed by atoms with Crippen LogP contribution in [0.15, 0.2) is 47.8 Å². The van der Waals surface area contributed by atoms with Gasteiger partial charge in [0.25, 0.3) is 0 Å². The van der Waals surface area contributed by atoms with E-state index in [-0.39, 0.29) is 0 Å². The summed E-state index contributed by atoms with van der Waals surface area (Å²) in [6.45, 7) is 1.24. The molecule has 4 rings (SSSR count). The smallest absolute Gasteiger partial charge is 0.313 e. The van der Waals surface area contributed by atoms with Crippen LogP contribution in [0.2, 0.25) is 5.02 Å². The number of nitrogens with one attached hydrogen (secondary N) is 2. The Hall–Kier alpha value is -3.10. The Morgan fingerprint density at radius 2 is 1.80 bits per heavy atom. The molecule has 2 aromatic carbocycles. The van der Waals surface area contributed by atoms with Crippen molar-refractivity contribution in [3.63, 3.8) is 0 Å². The van der Waals surface area contributed by atoms with Gasteiger partial charge in [0.1, 0.15) is 18.2 Å². The van der Waals surface area contributed by atoms with E-state index < -0.39 is 11.8 Å². The number of thiazole rings is 1. The van der Waals surface area contributed by atoms with Crippen LogP contribution >= 0.6 is 22.9 Å². The van der Waals surface area contributed by atoms with Crippen LogP contribution in [0.3, 0.4) is 0 Å². The van der Waals surface area contributed by atoms with Crippen LogP contribution in [-0.2, 0) is 16.0 Å². The van der Waals surface area contributed by atoms with E-state index >= 15 is 0 Å². The van der Waals surface area contributed by atoms with Gasteiger partial charge in [-0.25, -0.2) is 4.98 Å². The summed E-state index contributed by atoms with van der Waals surface area (Å²) in [5.41, 5.74) is 2.29. The zero-order valence-corrected chi connectivity index (χ0v) is 17.4. The number of anilines is 1. The maximum Gasteiger partial charge on any atom is 0.313 e.